The molecule has 0 spiro atoms. The van der Waals surface area contributed by atoms with Crippen molar-refractivity contribution >= 4 is 11.6 Å². The highest BCUT2D eigenvalue weighted by molar-refractivity contribution is 5.95. The van der Waals surface area contributed by atoms with Gasteiger partial charge in [-0.2, -0.15) is 0 Å². The number of pyridine rings is 1. The molecule has 0 saturated carbocycles. The van der Waals surface area contributed by atoms with E-state index in [-0.39, 0.29) is 5.97 Å². The molecule has 3 rings (SSSR count). The fourth-order valence-corrected chi connectivity index (χ4v) is 2.69. The van der Waals surface area contributed by atoms with E-state index < -0.39 is 0 Å². The molecule has 106 valence electrons. The zero-order valence-corrected chi connectivity index (χ0v) is 11.5. The molecule has 2 aromatic rings. The summed E-state index contributed by atoms with van der Waals surface area (Å²) >= 11 is 0. The van der Waals surface area contributed by atoms with Crippen molar-refractivity contribution in [1.29, 1.82) is 0 Å². The van der Waals surface area contributed by atoms with E-state index in [1.807, 2.05) is 16.7 Å². The number of hydrogen-bond acceptors (Lipinski definition) is 5. The van der Waals surface area contributed by atoms with E-state index in [1.54, 1.807) is 6.07 Å². The summed E-state index contributed by atoms with van der Waals surface area (Å²) in [6.45, 7) is 1.06. The van der Waals surface area contributed by atoms with Gasteiger partial charge in [0, 0.05) is 18.7 Å². The van der Waals surface area contributed by atoms with E-state index in [9.17, 15) is 4.79 Å². The molecule has 1 unspecified atom stereocenters. The van der Waals surface area contributed by atoms with E-state index in [0.717, 1.165) is 25.2 Å². The van der Waals surface area contributed by atoms with E-state index in [2.05, 4.69) is 15.5 Å². The van der Waals surface area contributed by atoms with Crippen LogP contribution in [0.2, 0.25) is 0 Å². The Balaban J connectivity index is 1.91. The first kappa shape index (κ1) is 13.1. The summed E-state index contributed by atoms with van der Waals surface area (Å²) in [6.07, 6.45) is 6.36. The predicted octanol–water partition coefficient (Wildman–Crippen LogP) is 1.20. The zero-order chi connectivity index (χ0) is 13.9. The third-order valence-corrected chi connectivity index (χ3v) is 3.75. The third kappa shape index (κ3) is 2.38. The van der Waals surface area contributed by atoms with Crippen LogP contribution in [0.3, 0.4) is 0 Å². The molecule has 1 saturated heterocycles. The van der Waals surface area contributed by atoms with E-state index in [1.165, 1.54) is 20.0 Å². The van der Waals surface area contributed by atoms with Crippen molar-refractivity contribution in [1.82, 2.24) is 19.9 Å². The van der Waals surface area contributed by atoms with Gasteiger partial charge in [-0.1, -0.05) is 6.42 Å². The molecule has 1 atom stereocenters. The Labute approximate surface area is 117 Å². The van der Waals surface area contributed by atoms with Gasteiger partial charge in [0.25, 0.3) is 0 Å². The van der Waals surface area contributed by atoms with E-state index in [4.69, 9.17) is 4.74 Å². The minimum absolute atomic E-state index is 0.384. The van der Waals surface area contributed by atoms with Crippen LogP contribution in [0.15, 0.2) is 18.3 Å². The van der Waals surface area contributed by atoms with Crippen LogP contribution in [0.1, 0.15) is 35.4 Å². The number of ether oxygens (including phenoxy) is 1. The molecule has 2 aromatic heterocycles. The summed E-state index contributed by atoms with van der Waals surface area (Å²) in [5, 5.41) is 11.9. The molecule has 0 bridgehead atoms. The van der Waals surface area contributed by atoms with Crippen LogP contribution in [0, 0.1) is 0 Å². The molecule has 0 aliphatic carbocycles. The number of piperidine rings is 1. The minimum Gasteiger partial charge on any atom is -0.465 e. The maximum absolute atomic E-state index is 11.7. The van der Waals surface area contributed by atoms with Gasteiger partial charge in [0.15, 0.2) is 5.65 Å². The Morgan fingerprint density at radius 1 is 1.50 bits per heavy atom. The lowest BCUT2D eigenvalue weighted by Gasteiger charge is -2.22. The van der Waals surface area contributed by atoms with Crippen LogP contribution < -0.4 is 5.32 Å². The van der Waals surface area contributed by atoms with E-state index >= 15 is 0 Å². The number of carbonyl (C=O) groups excluding carboxylic acids is 1. The number of nitrogens with zero attached hydrogens (tertiary/aromatic N) is 3. The largest absolute Gasteiger partial charge is 0.465 e. The van der Waals surface area contributed by atoms with Crippen molar-refractivity contribution in [2.45, 2.75) is 31.7 Å². The smallest absolute Gasteiger partial charge is 0.341 e. The van der Waals surface area contributed by atoms with Crippen molar-refractivity contribution < 1.29 is 9.53 Å². The summed E-state index contributed by atoms with van der Waals surface area (Å²) in [7, 11) is 1.37. The molecule has 6 heteroatoms. The summed E-state index contributed by atoms with van der Waals surface area (Å²) in [5.41, 5.74) is 1.01. The molecular weight excluding hydrogens is 256 g/mol. The second-order valence-corrected chi connectivity index (χ2v) is 5.07. The molecule has 1 N–H and O–H groups in total. The number of fused-ring (bicyclic) bond motifs is 1. The monoisotopic (exact) mass is 274 g/mol. The zero-order valence-electron chi connectivity index (χ0n) is 11.5. The number of hydrogen-bond donors (Lipinski definition) is 1. The lowest BCUT2D eigenvalue weighted by molar-refractivity contribution is 0.0602. The van der Waals surface area contributed by atoms with E-state index in [0.29, 0.717) is 17.3 Å². The first-order chi connectivity index (χ1) is 9.79. The van der Waals surface area contributed by atoms with Crippen LogP contribution in [0.4, 0.5) is 0 Å². The Bertz CT molecular complexity index is 617. The van der Waals surface area contributed by atoms with Gasteiger partial charge in [0.05, 0.1) is 7.11 Å². The molecule has 1 aliphatic heterocycles. The second-order valence-electron chi connectivity index (χ2n) is 5.07. The molecular formula is C14H18N4O2. The summed E-state index contributed by atoms with van der Waals surface area (Å²) < 4.78 is 6.65. The van der Waals surface area contributed by atoms with Crippen LogP contribution in [0.5, 0.6) is 0 Å². The molecule has 0 aromatic carbocycles. The Morgan fingerprint density at radius 3 is 3.15 bits per heavy atom. The maximum Gasteiger partial charge on any atom is 0.341 e. The molecule has 6 nitrogen and oxygen atoms in total. The lowest BCUT2D eigenvalue weighted by Crippen LogP contribution is -2.36. The molecule has 3 heterocycles. The quantitative estimate of drug-likeness (QED) is 0.852. The SMILES string of the molecule is COC(=O)c1cccn2c(CC3CCCCN3)nnc12. The normalized spacial score (nSPS) is 19.1. The number of aromatic nitrogens is 3. The summed E-state index contributed by atoms with van der Waals surface area (Å²) in [4.78, 5) is 11.7. The highest BCUT2D eigenvalue weighted by Gasteiger charge is 2.19. The highest BCUT2D eigenvalue weighted by Crippen LogP contribution is 2.15. The van der Waals surface area contributed by atoms with Crippen molar-refractivity contribution in [2.24, 2.45) is 0 Å². The van der Waals surface area contributed by atoms with Gasteiger partial charge in [-0.3, -0.25) is 4.40 Å². The number of carbonyl (C=O) groups is 1. The van der Waals surface area contributed by atoms with Gasteiger partial charge in [0.1, 0.15) is 11.4 Å². The highest BCUT2D eigenvalue weighted by atomic mass is 16.5. The molecule has 0 radical (unpaired) electrons. The molecule has 20 heavy (non-hydrogen) atoms. The lowest BCUT2D eigenvalue weighted by atomic mass is 10.0. The van der Waals surface area contributed by atoms with Gasteiger partial charge in [-0.05, 0) is 31.5 Å². The number of methoxy groups -OCH3 is 1. The number of rotatable bonds is 3. The average molecular weight is 274 g/mol. The Morgan fingerprint density at radius 2 is 2.40 bits per heavy atom. The third-order valence-electron chi connectivity index (χ3n) is 3.75. The Kier molecular flexibility index (Phi) is 3.64. The van der Waals surface area contributed by atoms with Crippen LogP contribution in [-0.4, -0.2) is 40.3 Å². The second kappa shape index (κ2) is 5.58. The predicted molar refractivity (Wildman–Crippen MR) is 73.7 cm³/mol. The standard InChI is InChI=1S/C14H18N4O2/c1-20-14(19)11-6-4-8-18-12(16-17-13(11)18)9-10-5-2-3-7-15-10/h4,6,8,10,15H,2-3,5,7,9H2,1H3. The van der Waals surface area contributed by atoms with Crippen molar-refractivity contribution in [3.05, 3.63) is 29.7 Å². The first-order valence-corrected chi connectivity index (χ1v) is 6.94. The Hall–Kier alpha value is -1.95. The van der Waals surface area contributed by atoms with Crippen LogP contribution in [0.25, 0.3) is 5.65 Å². The molecule has 0 amide bonds. The molecule has 1 aliphatic rings. The average Bonchev–Trinajstić information content (AvgIpc) is 2.91. The van der Waals surface area contributed by atoms with Gasteiger partial charge in [-0.15, -0.1) is 10.2 Å². The number of nitrogens with one attached hydrogen (secondary N) is 1. The minimum atomic E-state index is -0.384. The number of esters is 1. The van der Waals surface area contributed by atoms with Gasteiger partial charge in [0.2, 0.25) is 0 Å². The summed E-state index contributed by atoms with van der Waals surface area (Å²) in [6, 6.07) is 3.97. The van der Waals surface area contributed by atoms with Crippen molar-refractivity contribution in [2.75, 3.05) is 13.7 Å². The van der Waals surface area contributed by atoms with Crippen molar-refractivity contribution in [3.8, 4) is 0 Å². The fraction of sp³-hybridized carbons (Fsp3) is 0.500. The first-order valence-electron chi connectivity index (χ1n) is 6.94. The van der Waals surface area contributed by atoms with Gasteiger partial charge < -0.3 is 10.1 Å². The van der Waals surface area contributed by atoms with Crippen molar-refractivity contribution in [3.63, 3.8) is 0 Å². The van der Waals surface area contributed by atoms with Gasteiger partial charge in [-0.25, -0.2) is 4.79 Å². The summed E-state index contributed by atoms with van der Waals surface area (Å²) in [5.74, 6) is 0.496. The van der Waals surface area contributed by atoms with Crippen LogP contribution in [-0.2, 0) is 11.2 Å². The van der Waals surface area contributed by atoms with Crippen LogP contribution >= 0.6 is 0 Å². The topological polar surface area (TPSA) is 68.5 Å². The maximum atomic E-state index is 11.7. The fourth-order valence-electron chi connectivity index (χ4n) is 2.69. The molecule has 1 fully saturated rings. The van der Waals surface area contributed by atoms with Gasteiger partial charge >= 0.3 is 5.97 Å².